The van der Waals surface area contributed by atoms with Gasteiger partial charge in [0.2, 0.25) is 0 Å². The Labute approximate surface area is 197 Å². The third kappa shape index (κ3) is 6.77. The minimum atomic E-state index is 0. The molecule has 1 unspecified atom stereocenters. The number of para-hydroxylation sites is 2. The molecule has 1 heterocycles. The van der Waals surface area contributed by atoms with Gasteiger partial charge in [0.15, 0.2) is 5.96 Å². The molecule has 30 heavy (non-hydrogen) atoms. The monoisotopic (exact) mass is 523 g/mol. The van der Waals surface area contributed by atoms with Crippen LogP contribution in [0.3, 0.4) is 0 Å². The number of methoxy groups -OCH3 is 1. The van der Waals surface area contributed by atoms with Gasteiger partial charge in [-0.3, -0.25) is 9.89 Å². The first-order chi connectivity index (χ1) is 14.2. The van der Waals surface area contributed by atoms with Gasteiger partial charge >= 0.3 is 0 Å². The second-order valence-corrected chi connectivity index (χ2v) is 7.33. The number of aliphatic imine (C=N–C) groups is 1. The molecule has 1 aliphatic rings. The number of hydrogen-bond acceptors (Lipinski definition) is 4. The number of anilines is 1. The number of guanidine groups is 1. The Hall–Kier alpha value is -2.00. The topological polar surface area (TPSA) is 52.1 Å². The molecule has 3 rings (SSSR count). The number of ether oxygens (including phenoxy) is 1. The Balaban J connectivity index is 0.00000320. The first kappa shape index (κ1) is 24.3. The molecule has 1 atom stereocenters. The summed E-state index contributed by atoms with van der Waals surface area (Å²) < 4.78 is 5.42. The van der Waals surface area contributed by atoms with E-state index in [0.717, 1.165) is 50.0 Å². The number of halogens is 1. The number of hydrogen-bond donors (Lipinski definition) is 2. The molecule has 0 spiro atoms. The Morgan fingerprint density at radius 1 is 1.00 bits per heavy atom. The van der Waals surface area contributed by atoms with Crippen LogP contribution in [-0.4, -0.2) is 63.8 Å². The first-order valence-electron chi connectivity index (χ1n) is 10.3. The van der Waals surface area contributed by atoms with Crippen molar-refractivity contribution >= 4 is 35.6 Å². The highest BCUT2D eigenvalue weighted by atomic mass is 127. The van der Waals surface area contributed by atoms with Gasteiger partial charge in [-0.2, -0.15) is 0 Å². The van der Waals surface area contributed by atoms with E-state index in [1.54, 1.807) is 14.2 Å². The molecule has 6 nitrogen and oxygen atoms in total. The molecule has 1 aliphatic heterocycles. The predicted molar refractivity (Wildman–Crippen MR) is 136 cm³/mol. The second-order valence-electron chi connectivity index (χ2n) is 7.33. The Morgan fingerprint density at radius 2 is 1.67 bits per heavy atom. The molecule has 0 radical (unpaired) electrons. The fraction of sp³-hybridized carbons (Fsp3) is 0.435. The minimum absolute atomic E-state index is 0. The van der Waals surface area contributed by atoms with Gasteiger partial charge < -0.3 is 20.3 Å². The molecule has 1 fully saturated rings. The van der Waals surface area contributed by atoms with Crippen LogP contribution < -0.4 is 20.3 Å². The minimum Gasteiger partial charge on any atom is -0.496 e. The van der Waals surface area contributed by atoms with Crippen LogP contribution in [0, 0.1) is 0 Å². The lowest BCUT2D eigenvalue weighted by molar-refractivity contribution is 0.197. The molecule has 2 aromatic carbocycles. The summed E-state index contributed by atoms with van der Waals surface area (Å²) in [4.78, 5) is 9.36. The lowest BCUT2D eigenvalue weighted by Gasteiger charge is -2.39. The Bertz CT molecular complexity index is 778. The van der Waals surface area contributed by atoms with Crippen LogP contribution in [0.2, 0.25) is 0 Å². The molecule has 7 heteroatoms. The van der Waals surface area contributed by atoms with Crippen molar-refractivity contribution < 1.29 is 4.74 Å². The van der Waals surface area contributed by atoms with E-state index in [4.69, 9.17) is 4.74 Å². The molecule has 0 aromatic heterocycles. The van der Waals surface area contributed by atoms with Crippen LogP contribution >= 0.6 is 24.0 Å². The molecular weight excluding hydrogens is 489 g/mol. The van der Waals surface area contributed by atoms with Gasteiger partial charge in [-0.15, -0.1) is 24.0 Å². The fourth-order valence-electron chi connectivity index (χ4n) is 3.68. The van der Waals surface area contributed by atoms with Gasteiger partial charge in [0.25, 0.3) is 0 Å². The van der Waals surface area contributed by atoms with E-state index in [9.17, 15) is 0 Å². The van der Waals surface area contributed by atoms with E-state index in [1.807, 2.05) is 18.2 Å². The summed E-state index contributed by atoms with van der Waals surface area (Å²) >= 11 is 0. The maximum Gasteiger partial charge on any atom is 0.191 e. The molecule has 2 aromatic rings. The van der Waals surface area contributed by atoms with Crippen molar-refractivity contribution in [1.29, 1.82) is 0 Å². The quantitative estimate of drug-likeness (QED) is 0.332. The fourth-order valence-corrected chi connectivity index (χ4v) is 3.68. The first-order valence-corrected chi connectivity index (χ1v) is 10.3. The second kappa shape index (κ2) is 12.6. The number of nitrogens with zero attached hydrogens (tertiary/aromatic N) is 3. The summed E-state index contributed by atoms with van der Waals surface area (Å²) in [6.45, 7) is 8.09. The molecule has 1 saturated heterocycles. The zero-order chi connectivity index (χ0) is 20.5. The zero-order valence-electron chi connectivity index (χ0n) is 18.2. The summed E-state index contributed by atoms with van der Waals surface area (Å²) in [6, 6.07) is 19.2. The maximum absolute atomic E-state index is 5.42. The van der Waals surface area contributed by atoms with Crippen LogP contribution in [0.15, 0.2) is 59.6 Å². The maximum atomic E-state index is 5.42. The average Bonchev–Trinajstić information content (AvgIpc) is 2.80. The van der Waals surface area contributed by atoms with Crippen LogP contribution in [0.4, 0.5) is 5.69 Å². The van der Waals surface area contributed by atoms with Crippen LogP contribution in [0.5, 0.6) is 5.75 Å². The average molecular weight is 523 g/mol. The molecule has 2 N–H and O–H groups in total. The lowest BCUT2D eigenvalue weighted by Crippen LogP contribution is -2.53. The largest absolute Gasteiger partial charge is 0.496 e. The van der Waals surface area contributed by atoms with Crippen molar-refractivity contribution in [2.75, 3.05) is 51.8 Å². The number of nitrogens with one attached hydrogen (secondary N) is 2. The van der Waals surface area contributed by atoms with Crippen LogP contribution in [0.1, 0.15) is 12.5 Å². The van der Waals surface area contributed by atoms with Gasteiger partial charge in [0, 0.05) is 63.6 Å². The van der Waals surface area contributed by atoms with E-state index < -0.39 is 0 Å². The van der Waals surface area contributed by atoms with Gasteiger partial charge in [0.05, 0.1) is 7.11 Å². The van der Waals surface area contributed by atoms with E-state index >= 15 is 0 Å². The zero-order valence-corrected chi connectivity index (χ0v) is 20.5. The summed E-state index contributed by atoms with van der Waals surface area (Å²) in [5.74, 6) is 1.70. The molecular formula is C23H34IN5O. The highest BCUT2D eigenvalue weighted by Crippen LogP contribution is 2.17. The third-order valence-electron chi connectivity index (χ3n) is 5.49. The van der Waals surface area contributed by atoms with Crippen LogP contribution in [0.25, 0.3) is 0 Å². The molecule has 164 valence electrons. The Morgan fingerprint density at radius 3 is 2.33 bits per heavy atom. The number of benzene rings is 2. The molecule has 0 saturated carbocycles. The SMILES string of the molecule is CN=C(NCc1ccccc1OC)NCC(C)N1CCN(c2ccccc2)CC1.I. The Kier molecular flexibility index (Phi) is 10.2. The standard InChI is InChI=1S/C23H33N5O.HI/c1-19(27-13-15-28(16-14-27)21-10-5-4-6-11-21)17-25-23(24-2)26-18-20-9-7-8-12-22(20)29-3;/h4-12,19H,13-18H2,1-3H3,(H2,24,25,26);1H. The van der Waals surface area contributed by atoms with Crippen molar-refractivity contribution in [2.45, 2.75) is 19.5 Å². The molecule has 0 amide bonds. The summed E-state index contributed by atoms with van der Waals surface area (Å²) in [7, 11) is 3.51. The summed E-state index contributed by atoms with van der Waals surface area (Å²) in [5, 5.41) is 6.84. The van der Waals surface area contributed by atoms with Gasteiger partial charge in [-0.25, -0.2) is 0 Å². The van der Waals surface area contributed by atoms with E-state index in [-0.39, 0.29) is 24.0 Å². The lowest BCUT2D eigenvalue weighted by atomic mass is 10.2. The van der Waals surface area contributed by atoms with E-state index in [2.05, 4.69) is 68.7 Å². The van der Waals surface area contributed by atoms with Crippen molar-refractivity contribution in [3.8, 4) is 5.75 Å². The van der Waals surface area contributed by atoms with Crippen LogP contribution in [-0.2, 0) is 6.54 Å². The number of rotatable bonds is 7. The van der Waals surface area contributed by atoms with E-state index in [0.29, 0.717) is 12.6 Å². The molecule has 0 bridgehead atoms. The van der Waals surface area contributed by atoms with Gasteiger partial charge in [-0.05, 0) is 25.1 Å². The number of piperazine rings is 1. The highest BCUT2D eigenvalue weighted by molar-refractivity contribution is 14.0. The third-order valence-corrected chi connectivity index (χ3v) is 5.49. The smallest absolute Gasteiger partial charge is 0.191 e. The van der Waals surface area contributed by atoms with Gasteiger partial charge in [-0.1, -0.05) is 36.4 Å². The summed E-state index contributed by atoms with van der Waals surface area (Å²) in [5.41, 5.74) is 2.43. The van der Waals surface area contributed by atoms with Gasteiger partial charge in [0.1, 0.15) is 5.75 Å². The predicted octanol–water partition coefficient (Wildman–Crippen LogP) is 3.19. The van der Waals surface area contributed by atoms with E-state index in [1.165, 1.54) is 5.69 Å². The van der Waals surface area contributed by atoms with Crippen molar-refractivity contribution in [2.24, 2.45) is 4.99 Å². The normalized spacial score (nSPS) is 15.8. The van der Waals surface area contributed by atoms with Crippen molar-refractivity contribution in [3.05, 3.63) is 60.2 Å². The summed E-state index contributed by atoms with van der Waals surface area (Å²) in [6.07, 6.45) is 0. The highest BCUT2D eigenvalue weighted by Gasteiger charge is 2.21. The molecule has 0 aliphatic carbocycles. The van der Waals surface area contributed by atoms with Crippen molar-refractivity contribution in [1.82, 2.24) is 15.5 Å². The van der Waals surface area contributed by atoms with Crippen molar-refractivity contribution in [3.63, 3.8) is 0 Å².